The molecule has 2 aliphatic heterocycles. The van der Waals surface area contributed by atoms with Gasteiger partial charge in [-0.15, -0.1) is 0 Å². The lowest BCUT2D eigenvalue weighted by atomic mass is 9.72. The summed E-state index contributed by atoms with van der Waals surface area (Å²) < 4.78 is 0. The van der Waals surface area contributed by atoms with Crippen LogP contribution in [0, 0.1) is 12.3 Å². The molecule has 0 aliphatic carbocycles. The van der Waals surface area contributed by atoms with Crippen molar-refractivity contribution in [2.24, 2.45) is 5.41 Å². The van der Waals surface area contributed by atoms with Crippen LogP contribution in [0.2, 0.25) is 0 Å². The number of aromatic nitrogens is 2. The lowest BCUT2D eigenvalue weighted by Gasteiger charge is -2.48. The third-order valence-corrected chi connectivity index (χ3v) is 5.50. The zero-order valence-corrected chi connectivity index (χ0v) is 14.2. The Morgan fingerprint density at radius 2 is 1.92 bits per heavy atom. The Hall–Kier alpha value is -2.18. The van der Waals surface area contributed by atoms with Crippen molar-refractivity contribution in [2.75, 3.05) is 24.5 Å². The van der Waals surface area contributed by atoms with Crippen LogP contribution in [0.3, 0.4) is 0 Å². The van der Waals surface area contributed by atoms with E-state index in [-0.39, 0.29) is 11.3 Å². The zero-order chi connectivity index (χ0) is 17.3. The monoisotopic (exact) mass is 332 g/mol. The van der Waals surface area contributed by atoms with Crippen LogP contribution in [0.25, 0.3) is 0 Å². The Morgan fingerprint density at radius 3 is 2.54 bits per heavy atom. The number of carboxylic acids is 1. The quantitative estimate of drug-likeness (QED) is 0.902. The summed E-state index contributed by atoms with van der Waals surface area (Å²) in [6.45, 7) is 5.83. The largest absolute Gasteiger partial charge is 0.480 e. The lowest BCUT2D eigenvalue weighted by Crippen LogP contribution is -2.55. The lowest BCUT2D eigenvalue weighted by molar-refractivity contribution is -0.154. The molecule has 2 aliphatic rings. The van der Waals surface area contributed by atoms with E-state index in [1.54, 1.807) is 24.2 Å². The number of hydrogen-bond acceptors (Lipinski definition) is 5. The molecule has 24 heavy (non-hydrogen) atoms. The molecule has 0 aromatic carbocycles. The molecular formula is C17H24N4O3. The zero-order valence-electron chi connectivity index (χ0n) is 14.2. The summed E-state index contributed by atoms with van der Waals surface area (Å²) >= 11 is 0. The molecule has 1 atom stereocenters. The van der Waals surface area contributed by atoms with Gasteiger partial charge in [0.25, 0.3) is 0 Å². The summed E-state index contributed by atoms with van der Waals surface area (Å²) in [4.78, 5) is 35.9. The highest BCUT2D eigenvalue weighted by atomic mass is 16.4. The van der Waals surface area contributed by atoms with E-state index in [0.717, 1.165) is 43.9 Å². The van der Waals surface area contributed by atoms with Crippen LogP contribution < -0.4 is 4.90 Å². The number of aryl methyl sites for hydroxylation is 1. The maximum Gasteiger partial charge on any atom is 0.326 e. The van der Waals surface area contributed by atoms with Gasteiger partial charge in [0.15, 0.2) is 0 Å². The predicted octanol–water partition coefficient (Wildman–Crippen LogP) is 1.47. The highest BCUT2D eigenvalue weighted by Crippen LogP contribution is 2.41. The number of anilines is 1. The highest BCUT2D eigenvalue weighted by molar-refractivity contribution is 5.84. The van der Waals surface area contributed by atoms with Crippen molar-refractivity contribution < 1.29 is 14.7 Å². The first-order chi connectivity index (χ1) is 11.4. The first kappa shape index (κ1) is 16.7. The number of aliphatic carboxylic acids is 1. The molecule has 7 nitrogen and oxygen atoms in total. The number of carbonyl (C=O) groups is 2. The number of likely N-dealkylation sites (tertiary alicyclic amines) is 1. The van der Waals surface area contributed by atoms with Crippen LogP contribution in [0.1, 0.15) is 38.3 Å². The van der Waals surface area contributed by atoms with E-state index < -0.39 is 12.0 Å². The molecule has 130 valence electrons. The molecular weight excluding hydrogens is 308 g/mol. The minimum Gasteiger partial charge on any atom is -0.480 e. The van der Waals surface area contributed by atoms with Crippen molar-refractivity contribution in [3.63, 3.8) is 0 Å². The Balaban J connectivity index is 1.70. The molecule has 3 rings (SSSR count). The molecule has 1 N–H and O–H groups in total. The van der Waals surface area contributed by atoms with Gasteiger partial charge < -0.3 is 14.9 Å². The highest BCUT2D eigenvalue weighted by Gasteiger charge is 2.43. The van der Waals surface area contributed by atoms with Gasteiger partial charge in [-0.3, -0.25) is 9.78 Å². The van der Waals surface area contributed by atoms with Crippen LogP contribution in [0.4, 0.5) is 5.82 Å². The van der Waals surface area contributed by atoms with Gasteiger partial charge >= 0.3 is 5.97 Å². The van der Waals surface area contributed by atoms with Crippen molar-refractivity contribution >= 4 is 17.7 Å². The topological polar surface area (TPSA) is 86.6 Å². The van der Waals surface area contributed by atoms with E-state index in [4.69, 9.17) is 0 Å². The summed E-state index contributed by atoms with van der Waals surface area (Å²) in [5.41, 5.74) is 0.956. The van der Waals surface area contributed by atoms with Crippen molar-refractivity contribution in [2.45, 2.75) is 45.6 Å². The van der Waals surface area contributed by atoms with Gasteiger partial charge in [0.2, 0.25) is 5.91 Å². The third-order valence-electron chi connectivity index (χ3n) is 5.50. The van der Waals surface area contributed by atoms with Crippen LogP contribution >= 0.6 is 0 Å². The van der Waals surface area contributed by atoms with Gasteiger partial charge in [-0.1, -0.05) is 0 Å². The van der Waals surface area contributed by atoms with Crippen molar-refractivity contribution in [3.05, 3.63) is 18.1 Å². The summed E-state index contributed by atoms with van der Waals surface area (Å²) in [6, 6.07) is -0.755. The minimum atomic E-state index is -0.937. The second kappa shape index (κ2) is 6.37. The number of rotatable bonds is 3. The maximum absolute atomic E-state index is 12.1. The fraction of sp³-hybridized carbons (Fsp3) is 0.647. The average molecular weight is 332 g/mol. The standard InChI is InChI=1S/C17H24N4O3/c1-12-15(19-8-7-18-12)20-9-5-17(6-10-20)4-3-14(22)21(11-17)13(2)16(23)24/h7-8,13H,3-6,9-11H2,1-2H3,(H,23,24)/t13-/m0/s1. The molecule has 1 aromatic heterocycles. The predicted molar refractivity (Wildman–Crippen MR) is 88.7 cm³/mol. The second-order valence-electron chi connectivity index (χ2n) is 6.99. The van der Waals surface area contributed by atoms with E-state index in [2.05, 4.69) is 14.9 Å². The van der Waals surface area contributed by atoms with Crippen LogP contribution in [-0.4, -0.2) is 57.5 Å². The molecule has 1 aromatic rings. The first-order valence-corrected chi connectivity index (χ1v) is 8.47. The van der Waals surface area contributed by atoms with E-state index in [9.17, 15) is 14.7 Å². The fourth-order valence-electron chi connectivity index (χ4n) is 3.84. The normalized spacial score (nSPS) is 21.8. The van der Waals surface area contributed by atoms with Crippen LogP contribution in [0.15, 0.2) is 12.4 Å². The van der Waals surface area contributed by atoms with Gasteiger partial charge in [-0.05, 0) is 38.5 Å². The smallest absolute Gasteiger partial charge is 0.326 e. The molecule has 1 spiro atoms. The molecule has 0 radical (unpaired) electrons. The molecule has 2 saturated heterocycles. The average Bonchev–Trinajstić information content (AvgIpc) is 2.58. The van der Waals surface area contributed by atoms with E-state index >= 15 is 0 Å². The molecule has 0 unspecified atom stereocenters. The molecule has 7 heteroatoms. The summed E-state index contributed by atoms with van der Waals surface area (Å²) in [6.07, 6.45) is 6.59. The Kier molecular flexibility index (Phi) is 4.43. The van der Waals surface area contributed by atoms with Crippen molar-refractivity contribution in [3.8, 4) is 0 Å². The maximum atomic E-state index is 12.1. The van der Waals surface area contributed by atoms with E-state index in [1.165, 1.54) is 0 Å². The van der Waals surface area contributed by atoms with Gasteiger partial charge in [0.1, 0.15) is 11.9 Å². The number of nitrogens with zero attached hydrogens (tertiary/aromatic N) is 4. The molecule has 0 saturated carbocycles. The van der Waals surface area contributed by atoms with E-state index in [0.29, 0.717) is 13.0 Å². The Bertz CT molecular complexity index is 640. The number of piperidine rings is 2. The second-order valence-corrected chi connectivity index (χ2v) is 6.99. The SMILES string of the molecule is Cc1nccnc1N1CCC2(CCC(=O)N([C@@H](C)C(=O)O)C2)CC1. The summed E-state index contributed by atoms with van der Waals surface area (Å²) in [5.74, 6) is -0.0502. The molecule has 2 fully saturated rings. The first-order valence-electron chi connectivity index (χ1n) is 8.47. The number of amides is 1. The molecule has 1 amide bonds. The van der Waals surface area contributed by atoms with Gasteiger partial charge in [-0.25, -0.2) is 9.78 Å². The van der Waals surface area contributed by atoms with E-state index in [1.807, 2.05) is 6.92 Å². The van der Waals surface area contributed by atoms with Crippen LogP contribution in [-0.2, 0) is 9.59 Å². The molecule has 0 bridgehead atoms. The number of hydrogen-bond donors (Lipinski definition) is 1. The summed E-state index contributed by atoms with van der Waals surface area (Å²) in [5, 5.41) is 9.24. The van der Waals surface area contributed by atoms with Crippen LogP contribution in [0.5, 0.6) is 0 Å². The Morgan fingerprint density at radius 1 is 1.25 bits per heavy atom. The molecule has 3 heterocycles. The Labute approximate surface area is 141 Å². The number of carbonyl (C=O) groups excluding carboxylic acids is 1. The number of carboxylic acid groups (broad SMARTS) is 1. The van der Waals surface area contributed by atoms with Gasteiger partial charge in [0.05, 0.1) is 5.69 Å². The van der Waals surface area contributed by atoms with Gasteiger partial charge in [-0.2, -0.15) is 0 Å². The van der Waals surface area contributed by atoms with Crippen molar-refractivity contribution in [1.29, 1.82) is 0 Å². The summed E-state index contributed by atoms with van der Waals surface area (Å²) in [7, 11) is 0. The minimum absolute atomic E-state index is 0.0320. The van der Waals surface area contributed by atoms with Crippen molar-refractivity contribution in [1.82, 2.24) is 14.9 Å². The van der Waals surface area contributed by atoms with Gasteiger partial charge in [0, 0.05) is 38.4 Å². The third kappa shape index (κ3) is 3.07. The fourth-order valence-corrected chi connectivity index (χ4v) is 3.84.